The molecule has 8 heteroatoms. The molecule has 0 aliphatic heterocycles. The van der Waals surface area contributed by atoms with E-state index in [0.717, 1.165) is 32.1 Å². The molecule has 0 bridgehead atoms. The minimum absolute atomic E-state index is 0.0788. The van der Waals surface area contributed by atoms with Gasteiger partial charge in [0.1, 0.15) is 4.90 Å². The zero-order valence-electron chi connectivity index (χ0n) is 16.0. The van der Waals surface area contributed by atoms with Gasteiger partial charge in [-0.2, -0.15) is 0 Å². The molecule has 2 rings (SSSR count). The van der Waals surface area contributed by atoms with E-state index < -0.39 is 16.0 Å². The van der Waals surface area contributed by atoms with Crippen molar-refractivity contribution in [2.45, 2.75) is 56.8 Å². The van der Waals surface area contributed by atoms with Gasteiger partial charge >= 0.3 is 5.97 Å². The minimum atomic E-state index is -3.73. The van der Waals surface area contributed by atoms with Crippen LogP contribution in [0.1, 0.15) is 50.5 Å². The molecule has 0 amide bonds. The van der Waals surface area contributed by atoms with Gasteiger partial charge in [-0.1, -0.05) is 48.2 Å². The van der Waals surface area contributed by atoms with Crippen LogP contribution < -0.4 is 4.72 Å². The van der Waals surface area contributed by atoms with Crippen molar-refractivity contribution >= 4 is 39.2 Å². The van der Waals surface area contributed by atoms with Crippen LogP contribution in [-0.4, -0.2) is 26.0 Å². The first-order valence-electron chi connectivity index (χ1n) is 9.54. The van der Waals surface area contributed by atoms with Crippen LogP contribution in [-0.2, 0) is 14.8 Å². The molecular weight excluding hydrogens is 421 g/mol. The summed E-state index contributed by atoms with van der Waals surface area (Å²) in [5, 5.41) is 9.22. The van der Waals surface area contributed by atoms with E-state index in [4.69, 9.17) is 28.3 Å². The fraction of sp³-hybridized carbons (Fsp3) is 0.550. The normalized spacial score (nSPS) is 20.5. The van der Waals surface area contributed by atoms with Crippen molar-refractivity contribution in [1.82, 2.24) is 4.72 Å². The fourth-order valence-corrected chi connectivity index (χ4v) is 5.98. The van der Waals surface area contributed by atoms with Gasteiger partial charge in [-0.25, -0.2) is 13.1 Å². The highest BCUT2D eigenvalue weighted by Gasteiger charge is 2.27. The second kappa shape index (κ2) is 10.6. The van der Waals surface area contributed by atoms with E-state index in [1.807, 2.05) is 6.08 Å². The van der Waals surface area contributed by atoms with E-state index in [2.05, 4.69) is 10.8 Å². The Morgan fingerprint density at radius 1 is 1.29 bits per heavy atom. The van der Waals surface area contributed by atoms with Gasteiger partial charge in [0.25, 0.3) is 0 Å². The Hall–Kier alpha value is -1.08. The minimum Gasteiger partial charge on any atom is -0.481 e. The molecule has 0 aromatic heterocycles. The van der Waals surface area contributed by atoms with Gasteiger partial charge in [0, 0.05) is 18.0 Å². The van der Waals surface area contributed by atoms with E-state index in [1.54, 1.807) is 13.0 Å². The molecule has 1 aromatic carbocycles. The highest BCUT2D eigenvalue weighted by molar-refractivity contribution is 7.89. The molecule has 1 aliphatic carbocycles. The summed E-state index contributed by atoms with van der Waals surface area (Å²) in [7, 11) is -3.73. The zero-order valence-corrected chi connectivity index (χ0v) is 18.3. The Labute approximate surface area is 177 Å². The second-order valence-electron chi connectivity index (χ2n) is 7.31. The lowest BCUT2D eigenvalue weighted by molar-refractivity contribution is -0.137. The lowest BCUT2D eigenvalue weighted by atomic mass is 9.79. The Morgan fingerprint density at radius 3 is 2.68 bits per heavy atom. The van der Waals surface area contributed by atoms with E-state index in [9.17, 15) is 13.2 Å². The molecule has 0 radical (unpaired) electrons. The zero-order chi connectivity index (χ0) is 20.7. The van der Waals surface area contributed by atoms with Crippen LogP contribution in [0.3, 0.4) is 0 Å². The van der Waals surface area contributed by atoms with Crippen LogP contribution in [0, 0.1) is 18.8 Å². The lowest BCUT2D eigenvalue weighted by Crippen LogP contribution is -2.34. The monoisotopic (exact) mass is 447 g/mol. The first kappa shape index (κ1) is 23.2. The van der Waals surface area contributed by atoms with E-state index in [-0.39, 0.29) is 22.3 Å². The van der Waals surface area contributed by atoms with Gasteiger partial charge in [0.05, 0.1) is 5.02 Å². The summed E-state index contributed by atoms with van der Waals surface area (Å²) in [6.07, 6.45) is 9.83. The van der Waals surface area contributed by atoms with Gasteiger partial charge in [-0.05, 0) is 62.1 Å². The van der Waals surface area contributed by atoms with Gasteiger partial charge in [-0.3, -0.25) is 4.79 Å². The van der Waals surface area contributed by atoms with E-state index in [0.29, 0.717) is 29.5 Å². The summed E-state index contributed by atoms with van der Waals surface area (Å²) in [5.41, 5.74) is 0.517. The van der Waals surface area contributed by atoms with Gasteiger partial charge in [0.15, 0.2) is 0 Å². The largest absolute Gasteiger partial charge is 0.481 e. The van der Waals surface area contributed by atoms with Crippen molar-refractivity contribution in [2.24, 2.45) is 11.8 Å². The van der Waals surface area contributed by atoms with E-state index >= 15 is 0 Å². The summed E-state index contributed by atoms with van der Waals surface area (Å²) >= 11 is 12.1. The summed E-state index contributed by atoms with van der Waals surface area (Å²) in [4.78, 5) is 10.7. The average molecular weight is 448 g/mol. The molecule has 1 saturated carbocycles. The molecule has 28 heavy (non-hydrogen) atoms. The van der Waals surface area contributed by atoms with Crippen LogP contribution in [0.5, 0.6) is 0 Å². The van der Waals surface area contributed by atoms with Crippen molar-refractivity contribution in [3.05, 3.63) is 39.9 Å². The first-order valence-corrected chi connectivity index (χ1v) is 11.8. The number of benzene rings is 1. The molecule has 2 N–H and O–H groups in total. The van der Waals surface area contributed by atoms with Crippen molar-refractivity contribution in [2.75, 3.05) is 6.54 Å². The van der Waals surface area contributed by atoms with Crippen LogP contribution >= 0.6 is 23.2 Å². The number of rotatable bonds is 9. The Morgan fingerprint density at radius 2 is 2.00 bits per heavy atom. The number of nitrogens with one attached hydrogen (secondary N) is 1. The topological polar surface area (TPSA) is 83.5 Å². The smallest absolute Gasteiger partial charge is 0.303 e. The standard InChI is InChI=1S/C20H27Cl2NO4S/c1-14-11-17(21)12-18(22)20(14)28(26,27)23-13-16-9-6-5-8-15(16)7-3-2-4-10-19(24)25/h3,7,11-12,15-16,23H,2,4-6,8-10,13H2,1H3,(H,24,25)/b7-3-. The maximum Gasteiger partial charge on any atom is 0.303 e. The average Bonchev–Trinajstić information content (AvgIpc) is 2.59. The summed E-state index contributed by atoms with van der Waals surface area (Å²) < 4.78 is 28.3. The fourth-order valence-electron chi connectivity index (χ4n) is 3.70. The predicted molar refractivity (Wildman–Crippen MR) is 112 cm³/mol. The second-order valence-corrected chi connectivity index (χ2v) is 9.86. The van der Waals surface area contributed by atoms with Crippen molar-refractivity contribution in [3.8, 4) is 0 Å². The van der Waals surface area contributed by atoms with Crippen molar-refractivity contribution < 1.29 is 18.3 Å². The molecule has 5 nitrogen and oxygen atoms in total. The van der Waals surface area contributed by atoms with Gasteiger partial charge < -0.3 is 5.11 Å². The molecule has 1 aromatic rings. The number of allylic oxidation sites excluding steroid dienone is 2. The number of hydrogen-bond donors (Lipinski definition) is 2. The molecule has 156 valence electrons. The quantitative estimate of drug-likeness (QED) is 0.402. The number of unbranched alkanes of at least 4 members (excludes halogenated alkanes) is 1. The third kappa shape index (κ3) is 6.76. The van der Waals surface area contributed by atoms with Crippen molar-refractivity contribution in [3.63, 3.8) is 0 Å². The summed E-state index contributed by atoms with van der Waals surface area (Å²) in [5.74, 6) is -0.275. The number of halogens is 2. The van der Waals surface area contributed by atoms with Crippen LogP contribution in [0.25, 0.3) is 0 Å². The van der Waals surface area contributed by atoms with Crippen LogP contribution in [0.4, 0.5) is 0 Å². The molecular formula is C20H27Cl2NO4S. The van der Waals surface area contributed by atoms with Gasteiger partial charge in [-0.15, -0.1) is 0 Å². The van der Waals surface area contributed by atoms with Gasteiger partial charge in [0.2, 0.25) is 10.0 Å². The highest BCUT2D eigenvalue weighted by Crippen LogP contribution is 2.32. The maximum atomic E-state index is 12.8. The predicted octanol–water partition coefficient (Wildman–Crippen LogP) is 5.20. The Balaban J connectivity index is 2.00. The first-order chi connectivity index (χ1) is 13.2. The third-order valence-corrected chi connectivity index (χ3v) is 7.37. The SMILES string of the molecule is Cc1cc(Cl)cc(Cl)c1S(=O)(=O)NCC1CCCCC1/C=C\CCCC(=O)O. The molecule has 2 unspecified atom stereocenters. The molecule has 0 spiro atoms. The lowest BCUT2D eigenvalue weighted by Gasteiger charge is -2.29. The summed E-state index contributed by atoms with van der Waals surface area (Å²) in [6.45, 7) is 2.03. The third-order valence-electron chi connectivity index (χ3n) is 5.11. The Kier molecular flexibility index (Phi) is 8.81. The summed E-state index contributed by atoms with van der Waals surface area (Å²) in [6, 6.07) is 3.03. The van der Waals surface area contributed by atoms with Crippen LogP contribution in [0.2, 0.25) is 10.0 Å². The number of carboxylic acid groups (broad SMARTS) is 1. The molecule has 0 heterocycles. The van der Waals surface area contributed by atoms with E-state index in [1.165, 1.54) is 6.07 Å². The Bertz CT molecular complexity index is 800. The number of carbonyl (C=O) groups is 1. The maximum absolute atomic E-state index is 12.8. The highest BCUT2D eigenvalue weighted by atomic mass is 35.5. The number of aliphatic carboxylic acids is 1. The van der Waals surface area contributed by atoms with Crippen LogP contribution in [0.15, 0.2) is 29.2 Å². The number of hydrogen-bond acceptors (Lipinski definition) is 3. The number of sulfonamides is 1. The molecule has 1 fully saturated rings. The number of carboxylic acids is 1. The number of aryl methyl sites for hydroxylation is 1. The molecule has 1 aliphatic rings. The molecule has 0 saturated heterocycles. The van der Waals surface area contributed by atoms with Crippen molar-refractivity contribution in [1.29, 1.82) is 0 Å². The molecule has 2 atom stereocenters.